The molecular weight excluding hydrogens is 258 g/mol. The van der Waals surface area contributed by atoms with Crippen molar-refractivity contribution >= 4 is 5.71 Å². The summed E-state index contributed by atoms with van der Waals surface area (Å²) in [6.07, 6.45) is 1.38. The summed E-state index contributed by atoms with van der Waals surface area (Å²) < 4.78 is 10.9. The highest BCUT2D eigenvalue weighted by molar-refractivity contribution is 6.00. The fourth-order valence-electron chi connectivity index (χ4n) is 1.65. The van der Waals surface area contributed by atoms with Gasteiger partial charge in [-0.25, -0.2) is 0 Å². The van der Waals surface area contributed by atoms with E-state index in [1.54, 1.807) is 19.1 Å². The summed E-state index contributed by atoms with van der Waals surface area (Å²) >= 11 is 0. The zero-order chi connectivity index (χ0) is 14.8. The lowest BCUT2D eigenvalue weighted by Crippen LogP contribution is -2.24. The van der Waals surface area contributed by atoms with Gasteiger partial charge in [0.1, 0.15) is 18.5 Å². The first kappa shape index (κ1) is 16.5. The third kappa shape index (κ3) is 5.59. The molecule has 0 aromatic heterocycles. The monoisotopic (exact) mass is 281 g/mol. The molecule has 0 fully saturated rings. The van der Waals surface area contributed by atoms with Crippen LogP contribution in [0.4, 0.5) is 0 Å². The molecule has 0 bridgehead atoms. The highest BCUT2D eigenvalue weighted by atomic mass is 16.5. The summed E-state index contributed by atoms with van der Waals surface area (Å²) in [5.74, 6) is 0.579. The quantitative estimate of drug-likeness (QED) is 0.316. The second-order valence-corrected chi connectivity index (χ2v) is 4.57. The number of para-hydroxylation sites is 1. The Morgan fingerprint density at radius 1 is 1.30 bits per heavy atom. The van der Waals surface area contributed by atoms with Crippen LogP contribution in [-0.2, 0) is 4.74 Å². The lowest BCUT2D eigenvalue weighted by atomic mass is 10.1. The molecule has 0 saturated heterocycles. The normalized spacial score (nSPS) is 13.2. The van der Waals surface area contributed by atoms with Crippen molar-refractivity contribution in [3.8, 4) is 5.75 Å². The Balaban J connectivity index is 2.45. The van der Waals surface area contributed by atoms with Gasteiger partial charge in [-0.2, -0.15) is 0 Å². The van der Waals surface area contributed by atoms with Crippen LogP contribution < -0.4 is 4.74 Å². The van der Waals surface area contributed by atoms with Crippen molar-refractivity contribution in [2.75, 3.05) is 19.8 Å². The van der Waals surface area contributed by atoms with Gasteiger partial charge in [0.25, 0.3) is 0 Å². The number of rotatable bonds is 9. The minimum absolute atomic E-state index is 0.141. The highest BCUT2D eigenvalue weighted by Gasteiger charge is 2.10. The standard InChI is InChI=1S/C15H23NO4/c1-3-4-9-19-10-13(17)11-20-15-8-6-5-7-14(15)12(2)16-18/h5-8,13,17-18H,3-4,9-11H2,1-2H3/b16-12+. The van der Waals surface area contributed by atoms with Crippen molar-refractivity contribution in [1.29, 1.82) is 0 Å². The van der Waals surface area contributed by atoms with E-state index in [1.807, 2.05) is 12.1 Å². The Morgan fingerprint density at radius 2 is 2.05 bits per heavy atom. The molecular formula is C15H23NO4. The maximum atomic E-state index is 9.77. The van der Waals surface area contributed by atoms with Crippen LogP contribution in [0.15, 0.2) is 29.4 Å². The van der Waals surface area contributed by atoms with Crippen LogP contribution in [0.5, 0.6) is 5.75 Å². The first-order valence-corrected chi connectivity index (χ1v) is 6.85. The molecule has 0 heterocycles. The van der Waals surface area contributed by atoms with E-state index in [0.29, 0.717) is 23.6 Å². The van der Waals surface area contributed by atoms with Gasteiger partial charge in [-0.15, -0.1) is 0 Å². The van der Waals surface area contributed by atoms with Crippen LogP contribution >= 0.6 is 0 Å². The molecule has 0 saturated carbocycles. The van der Waals surface area contributed by atoms with Crippen molar-refractivity contribution in [1.82, 2.24) is 0 Å². The van der Waals surface area contributed by atoms with Crippen LogP contribution in [-0.4, -0.2) is 42.0 Å². The molecule has 0 aliphatic rings. The molecule has 5 heteroatoms. The minimum Gasteiger partial charge on any atom is -0.490 e. The number of aliphatic hydroxyl groups excluding tert-OH is 1. The number of ether oxygens (including phenoxy) is 2. The zero-order valence-electron chi connectivity index (χ0n) is 12.1. The van der Waals surface area contributed by atoms with Gasteiger partial charge in [0, 0.05) is 12.2 Å². The predicted octanol–water partition coefficient (Wildman–Crippen LogP) is 2.44. The molecule has 1 atom stereocenters. The summed E-state index contributed by atoms with van der Waals surface area (Å²) in [7, 11) is 0. The Bertz CT molecular complexity index is 420. The molecule has 20 heavy (non-hydrogen) atoms. The average Bonchev–Trinajstić information content (AvgIpc) is 2.49. The largest absolute Gasteiger partial charge is 0.490 e. The second kappa shape index (κ2) is 9.34. The van der Waals surface area contributed by atoms with Crippen LogP contribution in [0.3, 0.4) is 0 Å². The summed E-state index contributed by atoms with van der Waals surface area (Å²) in [6, 6.07) is 7.23. The maximum Gasteiger partial charge on any atom is 0.128 e. The average molecular weight is 281 g/mol. The van der Waals surface area contributed by atoms with Crippen molar-refractivity contribution in [2.45, 2.75) is 32.8 Å². The van der Waals surface area contributed by atoms with Crippen molar-refractivity contribution in [3.63, 3.8) is 0 Å². The molecule has 5 nitrogen and oxygen atoms in total. The van der Waals surface area contributed by atoms with Gasteiger partial charge in [-0.05, 0) is 25.5 Å². The Labute approximate surface area is 119 Å². The van der Waals surface area contributed by atoms with Gasteiger partial charge in [0.15, 0.2) is 0 Å². The van der Waals surface area contributed by atoms with E-state index in [4.69, 9.17) is 14.7 Å². The van der Waals surface area contributed by atoms with E-state index in [2.05, 4.69) is 12.1 Å². The molecule has 1 aromatic rings. The van der Waals surface area contributed by atoms with Crippen LogP contribution in [0.25, 0.3) is 0 Å². The molecule has 0 amide bonds. The number of oxime groups is 1. The van der Waals surface area contributed by atoms with E-state index in [9.17, 15) is 5.11 Å². The molecule has 0 aliphatic carbocycles. The lowest BCUT2D eigenvalue weighted by Gasteiger charge is -2.14. The number of hydrogen-bond donors (Lipinski definition) is 2. The second-order valence-electron chi connectivity index (χ2n) is 4.57. The molecule has 0 spiro atoms. The van der Waals surface area contributed by atoms with E-state index in [0.717, 1.165) is 12.8 Å². The lowest BCUT2D eigenvalue weighted by molar-refractivity contribution is 0.0113. The Morgan fingerprint density at radius 3 is 2.75 bits per heavy atom. The van der Waals surface area contributed by atoms with Gasteiger partial charge >= 0.3 is 0 Å². The summed E-state index contributed by atoms with van der Waals surface area (Å²) in [5, 5.41) is 21.8. The van der Waals surface area contributed by atoms with E-state index in [1.165, 1.54) is 0 Å². The number of aliphatic hydroxyl groups is 1. The smallest absolute Gasteiger partial charge is 0.128 e. The molecule has 2 N–H and O–H groups in total. The Hall–Kier alpha value is -1.59. The SMILES string of the molecule is CCCCOCC(O)COc1ccccc1/C(C)=N/O. The molecule has 1 aromatic carbocycles. The van der Waals surface area contributed by atoms with Crippen molar-refractivity contribution < 1.29 is 19.8 Å². The first-order valence-electron chi connectivity index (χ1n) is 6.85. The Kier molecular flexibility index (Phi) is 7.69. The molecule has 0 aliphatic heterocycles. The third-order valence-corrected chi connectivity index (χ3v) is 2.81. The number of nitrogens with zero attached hydrogens (tertiary/aromatic N) is 1. The number of unbranched alkanes of at least 4 members (excludes halogenated alkanes) is 1. The minimum atomic E-state index is -0.675. The maximum absolute atomic E-state index is 9.77. The van der Waals surface area contributed by atoms with E-state index >= 15 is 0 Å². The number of hydrogen-bond acceptors (Lipinski definition) is 5. The van der Waals surface area contributed by atoms with Crippen molar-refractivity contribution in [2.24, 2.45) is 5.16 Å². The van der Waals surface area contributed by atoms with Crippen LogP contribution in [0.1, 0.15) is 32.3 Å². The predicted molar refractivity (Wildman–Crippen MR) is 77.7 cm³/mol. The topological polar surface area (TPSA) is 71.3 Å². The molecule has 112 valence electrons. The third-order valence-electron chi connectivity index (χ3n) is 2.81. The van der Waals surface area contributed by atoms with Gasteiger partial charge in [-0.3, -0.25) is 0 Å². The first-order chi connectivity index (χ1) is 9.69. The van der Waals surface area contributed by atoms with Gasteiger partial charge in [0.05, 0.1) is 12.3 Å². The van der Waals surface area contributed by atoms with E-state index < -0.39 is 6.10 Å². The van der Waals surface area contributed by atoms with Crippen molar-refractivity contribution in [3.05, 3.63) is 29.8 Å². The zero-order valence-corrected chi connectivity index (χ0v) is 12.1. The van der Waals surface area contributed by atoms with Gasteiger partial charge in [0.2, 0.25) is 0 Å². The number of benzene rings is 1. The summed E-state index contributed by atoms with van der Waals surface area (Å²) in [5.41, 5.74) is 1.17. The van der Waals surface area contributed by atoms with E-state index in [-0.39, 0.29) is 13.2 Å². The van der Waals surface area contributed by atoms with Crippen LogP contribution in [0, 0.1) is 0 Å². The fourth-order valence-corrected chi connectivity index (χ4v) is 1.65. The van der Waals surface area contributed by atoms with Gasteiger partial charge < -0.3 is 19.8 Å². The van der Waals surface area contributed by atoms with Crippen LogP contribution in [0.2, 0.25) is 0 Å². The summed E-state index contributed by atoms with van der Waals surface area (Å²) in [4.78, 5) is 0. The molecule has 1 rings (SSSR count). The summed E-state index contributed by atoms with van der Waals surface area (Å²) in [6.45, 7) is 4.83. The molecule has 0 radical (unpaired) electrons. The van der Waals surface area contributed by atoms with Gasteiger partial charge in [-0.1, -0.05) is 30.6 Å². The fraction of sp³-hybridized carbons (Fsp3) is 0.533. The molecule has 1 unspecified atom stereocenters. The highest BCUT2D eigenvalue weighted by Crippen LogP contribution is 2.19.